The fourth-order valence-electron chi connectivity index (χ4n) is 2.62. The summed E-state index contributed by atoms with van der Waals surface area (Å²) in [6, 6.07) is 10.4. The predicted octanol–water partition coefficient (Wildman–Crippen LogP) is 3.57. The number of ether oxygens (including phenoxy) is 2. The van der Waals surface area contributed by atoms with Crippen molar-refractivity contribution in [3.63, 3.8) is 0 Å². The van der Waals surface area contributed by atoms with Crippen LogP contribution < -0.4 is 10.1 Å². The van der Waals surface area contributed by atoms with Crippen LogP contribution in [-0.2, 0) is 10.9 Å². The first kappa shape index (κ1) is 18.2. The standard InChI is InChI=1S/C19H14F3N3O3/c20-19(21,22)17-6-3-14(8-23-17)28-13-2-5-15-11(7-13)1-4-16(25-15)18(26)24-12-9-27-10-12/h1-8,12H,9-10H2,(H,24,26). The van der Waals surface area contributed by atoms with Gasteiger partial charge < -0.3 is 14.8 Å². The minimum Gasteiger partial charge on any atom is -0.456 e. The Labute approximate surface area is 157 Å². The molecule has 3 aromatic rings. The Morgan fingerprint density at radius 2 is 1.89 bits per heavy atom. The van der Waals surface area contributed by atoms with E-state index < -0.39 is 11.9 Å². The Bertz CT molecular complexity index is 1020. The van der Waals surface area contributed by atoms with Crippen molar-refractivity contribution in [2.45, 2.75) is 12.2 Å². The lowest BCUT2D eigenvalue weighted by molar-refractivity contribution is -0.141. The summed E-state index contributed by atoms with van der Waals surface area (Å²) in [6.45, 7) is 0.998. The van der Waals surface area contributed by atoms with Crippen molar-refractivity contribution in [1.29, 1.82) is 0 Å². The van der Waals surface area contributed by atoms with Gasteiger partial charge in [-0.2, -0.15) is 13.2 Å². The Kier molecular flexibility index (Phi) is 4.60. The maximum absolute atomic E-state index is 12.6. The van der Waals surface area contributed by atoms with Gasteiger partial charge in [-0.05, 0) is 36.4 Å². The van der Waals surface area contributed by atoms with Crippen LogP contribution in [0, 0.1) is 0 Å². The molecule has 0 radical (unpaired) electrons. The second-order valence-electron chi connectivity index (χ2n) is 6.24. The lowest BCUT2D eigenvalue weighted by atomic mass is 10.2. The number of hydrogen-bond acceptors (Lipinski definition) is 5. The van der Waals surface area contributed by atoms with Gasteiger partial charge in [-0.1, -0.05) is 6.07 Å². The number of carbonyl (C=O) groups excluding carboxylic acids is 1. The molecule has 9 heteroatoms. The minimum absolute atomic E-state index is 0.0121. The largest absolute Gasteiger partial charge is 0.456 e. The molecule has 1 aliphatic rings. The molecule has 0 atom stereocenters. The van der Waals surface area contributed by atoms with Crippen LogP contribution in [0.2, 0.25) is 0 Å². The average Bonchev–Trinajstić information content (AvgIpc) is 2.64. The van der Waals surface area contributed by atoms with Crippen molar-refractivity contribution in [1.82, 2.24) is 15.3 Å². The SMILES string of the molecule is O=C(NC1COC1)c1ccc2cc(Oc3ccc(C(F)(F)F)nc3)ccc2n1. The van der Waals surface area contributed by atoms with E-state index in [1.165, 1.54) is 6.07 Å². The Morgan fingerprint density at radius 3 is 2.54 bits per heavy atom. The zero-order valence-electron chi connectivity index (χ0n) is 14.4. The number of hydrogen-bond donors (Lipinski definition) is 1. The lowest BCUT2D eigenvalue weighted by Crippen LogP contribution is -2.48. The highest BCUT2D eigenvalue weighted by Crippen LogP contribution is 2.30. The summed E-state index contributed by atoms with van der Waals surface area (Å²) < 4.78 is 48.3. The molecule has 2 aromatic heterocycles. The summed E-state index contributed by atoms with van der Waals surface area (Å²) in [5, 5.41) is 3.54. The van der Waals surface area contributed by atoms with Crippen LogP contribution in [0.4, 0.5) is 13.2 Å². The van der Waals surface area contributed by atoms with Crippen molar-refractivity contribution in [2.24, 2.45) is 0 Å². The van der Waals surface area contributed by atoms with E-state index in [1.54, 1.807) is 30.3 Å². The predicted molar refractivity (Wildman–Crippen MR) is 93.1 cm³/mol. The number of nitrogens with one attached hydrogen (secondary N) is 1. The molecule has 0 saturated carbocycles. The number of benzene rings is 1. The highest BCUT2D eigenvalue weighted by atomic mass is 19.4. The zero-order valence-corrected chi connectivity index (χ0v) is 14.4. The van der Waals surface area contributed by atoms with E-state index in [4.69, 9.17) is 9.47 Å². The average molecular weight is 389 g/mol. The first-order valence-electron chi connectivity index (χ1n) is 8.39. The summed E-state index contributed by atoms with van der Waals surface area (Å²) >= 11 is 0. The maximum atomic E-state index is 12.6. The summed E-state index contributed by atoms with van der Waals surface area (Å²) in [5.41, 5.74) is -0.0998. The van der Waals surface area contributed by atoms with Crippen molar-refractivity contribution in [3.8, 4) is 11.5 Å². The third kappa shape index (κ3) is 3.89. The van der Waals surface area contributed by atoms with E-state index >= 15 is 0 Å². The molecule has 1 aliphatic heterocycles. The normalized spacial score (nSPS) is 14.5. The first-order valence-corrected chi connectivity index (χ1v) is 8.39. The van der Waals surface area contributed by atoms with E-state index in [0.29, 0.717) is 30.2 Å². The van der Waals surface area contributed by atoms with Crippen LogP contribution in [0.1, 0.15) is 16.2 Å². The number of aromatic nitrogens is 2. The number of alkyl halides is 3. The van der Waals surface area contributed by atoms with Crippen molar-refractivity contribution in [2.75, 3.05) is 13.2 Å². The molecule has 1 aromatic carbocycles. The lowest BCUT2D eigenvalue weighted by Gasteiger charge is -2.26. The summed E-state index contributed by atoms with van der Waals surface area (Å²) in [4.78, 5) is 19.8. The molecule has 1 amide bonds. The molecule has 1 fully saturated rings. The second-order valence-corrected chi connectivity index (χ2v) is 6.24. The van der Waals surface area contributed by atoms with Gasteiger partial charge in [0, 0.05) is 5.39 Å². The number of rotatable bonds is 4. The summed E-state index contributed by atoms with van der Waals surface area (Å²) in [5.74, 6) is 0.324. The minimum atomic E-state index is -4.50. The zero-order chi connectivity index (χ0) is 19.7. The number of pyridine rings is 2. The van der Waals surface area contributed by atoms with Crippen LogP contribution >= 0.6 is 0 Å². The molecule has 0 bridgehead atoms. The fraction of sp³-hybridized carbons (Fsp3) is 0.211. The third-order valence-electron chi connectivity index (χ3n) is 4.13. The molecule has 6 nitrogen and oxygen atoms in total. The van der Waals surface area contributed by atoms with Gasteiger partial charge in [-0.3, -0.25) is 4.79 Å². The van der Waals surface area contributed by atoms with Gasteiger partial charge in [0.05, 0.1) is 31.0 Å². The first-order chi connectivity index (χ1) is 13.4. The molecule has 1 N–H and O–H groups in total. The molecule has 144 valence electrons. The van der Waals surface area contributed by atoms with E-state index in [0.717, 1.165) is 17.6 Å². The van der Waals surface area contributed by atoms with Gasteiger partial charge in [0.15, 0.2) is 0 Å². The summed E-state index contributed by atoms with van der Waals surface area (Å²) in [7, 11) is 0. The number of amides is 1. The van der Waals surface area contributed by atoms with Gasteiger partial charge in [-0.15, -0.1) is 0 Å². The molecule has 4 rings (SSSR count). The highest BCUT2D eigenvalue weighted by molar-refractivity contribution is 5.95. The number of carbonyl (C=O) groups is 1. The van der Waals surface area contributed by atoms with E-state index in [2.05, 4.69) is 15.3 Å². The second kappa shape index (κ2) is 7.08. The fourth-order valence-corrected chi connectivity index (χ4v) is 2.62. The van der Waals surface area contributed by atoms with Gasteiger partial charge in [0.1, 0.15) is 22.9 Å². The third-order valence-corrected chi connectivity index (χ3v) is 4.13. The van der Waals surface area contributed by atoms with Crippen LogP contribution in [0.3, 0.4) is 0 Å². The van der Waals surface area contributed by atoms with Gasteiger partial charge >= 0.3 is 6.18 Å². The monoisotopic (exact) mass is 389 g/mol. The van der Waals surface area contributed by atoms with Crippen molar-refractivity contribution < 1.29 is 27.4 Å². The number of halogens is 3. The molecular formula is C19H14F3N3O3. The van der Waals surface area contributed by atoms with E-state index in [-0.39, 0.29) is 17.7 Å². The van der Waals surface area contributed by atoms with Crippen LogP contribution in [0.15, 0.2) is 48.7 Å². The molecule has 0 unspecified atom stereocenters. The molecule has 0 aliphatic carbocycles. The topological polar surface area (TPSA) is 73.3 Å². The van der Waals surface area contributed by atoms with Crippen molar-refractivity contribution >= 4 is 16.8 Å². The van der Waals surface area contributed by atoms with Gasteiger partial charge in [0.25, 0.3) is 5.91 Å². The summed E-state index contributed by atoms with van der Waals surface area (Å²) in [6.07, 6.45) is -3.48. The van der Waals surface area contributed by atoms with Gasteiger partial charge in [-0.25, -0.2) is 9.97 Å². The Hall–Kier alpha value is -3.20. The Balaban J connectivity index is 1.50. The molecular weight excluding hydrogens is 375 g/mol. The van der Waals surface area contributed by atoms with Crippen LogP contribution in [-0.4, -0.2) is 35.1 Å². The van der Waals surface area contributed by atoms with Crippen LogP contribution in [0.25, 0.3) is 10.9 Å². The molecule has 3 heterocycles. The van der Waals surface area contributed by atoms with E-state index in [1.807, 2.05) is 0 Å². The van der Waals surface area contributed by atoms with Crippen LogP contribution in [0.5, 0.6) is 11.5 Å². The number of nitrogens with zero attached hydrogens (tertiary/aromatic N) is 2. The van der Waals surface area contributed by atoms with Crippen molar-refractivity contribution in [3.05, 3.63) is 60.0 Å². The highest BCUT2D eigenvalue weighted by Gasteiger charge is 2.32. The molecule has 28 heavy (non-hydrogen) atoms. The smallest absolute Gasteiger partial charge is 0.433 e. The van der Waals surface area contributed by atoms with E-state index in [9.17, 15) is 18.0 Å². The Morgan fingerprint density at radius 1 is 1.11 bits per heavy atom. The maximum Gasteiger partial charge on any atom is 0.433 e. The molecule has 0 spiro atoms. The quantitative estimate of drug-likeness (QED) is 0.739. The number of fused-ring (bicyclic) bond motifs is 1. The van der Waals surface area contributed by atoms with Gasteiger partial charge in [0.2, 0.25) is 0 Å². The molecule has 1 saturated heterocycles.